The SMILES string of the molecule is CC(CC(Cl)c1ccc2c(c1)n(C)c(=O)n2C)C(C)(C)C. The minimum absolute atomic E-state index is 0.00340. The molecule has 0 N–H and O–H groups in total. The van der Waals surface area contributed by atoms with Crippen LogP contribution in [0.3, 0.4) is 0 Å². The van der Waals surface area contributed by atoms with E-state index in [-0.39, 0.29) is 16.5 Å². The first-order valence-corrected chi connectivity index (χ1v) is 7.86. The molecule has 0 fully saturated rings. The van der Waals surface area contributed by atoms with Crippen LogP contribution in [0.2, 0.25) is 0 Å². The Kier molecular flexibility index (Phi) is 4.25. The predicted octanol–water partition coefficient (Wildman–Crippen LogP) is 4.23. The quantitative estimate of drug-likeness (QED) is 0.780. The summed E-state index contributed by atoms with van der Waals surface area (Å²) in [7, 11) is 3.60. The van der Waals surface area contributed by atoms with Crippen molar-refractivity contribution in [2.45, 2.75) is 39.5 Å². The molecule has 0 spiro atoms. The average Bonchev–Trinajstić information content (AvgIpc) is 2.62. The number of rotatable bonds is 3. The second-order valence-corrected chi connectivity index (χ2v) is 7.65. The Morgan fingerprint density at radius 1 is 1.14 bits per heavy atom. The number of fused-ring (bicyclic) bond motifs is 1. The molecule has 1 aromatic heterocycles. The molecule has 0 bridgehead atoms. The van der Waals surface area contributed by atoms with E-state index in [4.69, 9.17) is 11.6 Å². The third-order valence-electron chi connectivity index (χ3n) is 4.70. The lowest BCUT2D eigenvalue weighted by Gasteiger charge is -2.29. The van der Waals surface area contributed by atoms with Gasteiger partial charge in [-0.1, -0.05) is 33.8 Å². The Labute approximate surface area is 131 Å². The summed E-state index contributed by atoms with van der Waals surface area (Å²) in [5, 5.41) is -0.0288. The molecule has 2 aromatic rings. The highest BCUT2D eigenvalue weighted by molar-refractivity contribution is 6.20. The van der Waals surface area contributed by atoms with Gasteiger partial charge in [-0.15, -0.1) is 11.6 Å². The van der Waals surface area contributed by atoms with Crippen LogP contribution in [0.15, 0.2) is 23.0 Å². The lowest BCUT2D eigenvalue weighted by molar-refractivity contribution is 0.245. The summed E-state index contributed by atoms with van der Waals surface area (Å²) in [4.78, 5) is 12.0. The van der Waals surface area contributed by atoms with Crippen molar-refractivity contribution >= 4 is 22.6 Å². The summed E-state index contributed by atoms with van der Waals surface area (Å²) in [5.41, 5.74) is 3.21. The zero-order valence-corrected chi connectivity index (χ0v) is 14.5. The Balaban J connectivity index is 2.35. The van der Waals surface area contributed by atoms with Gasteiger partial charge in [0.2, 0.25) is 0 Å². The van der Waals surface area contributed by atoms with Gasteiger partial charge in [0.25, 0.3) is 0 Å². The number of aromatic nitrogens is 2. The molecule has 4 heteroatoms. The van der Waals surface area contributed by atoms with E-state index in [2.05, 4.69) is 27.7 Å². The number of hydrogen-bond acceptors (Lipinski definition) is 1. The lowest BCUT2D eigenvalue weighted by atomic mass is 9.79. The second-order valence-electron chi connectivity index (χ2n) is 7.12. The van der Waals surface area contributed by atoms with E-state index in [1.165, 1.54) is 0 Å². The fourth-order valence-corrected chi connectivity index (χ4v) is 2.92. The second kappa shape index (κ2) is 5.53. The zero-order chi connectivity index (χ0) is 15.9. The van der Waals surface area contributed by atoms with Gasteiger partial charge >= 0.3 is 5.69 Å². The number of hydrogen-bond donors (Lipinski definition) is 0. The maximum Gasteiger partial charge on any atom is 0.328 e. The number of nitrogens with zero attached hydrogens (tertiary/aromatic N) is 2. The molecule has 0 aliphatic carbocycles. The fraction of sp³-hybridized carbons (Fsp3) is 0.588. The maximum atomic E-state index is 12.0. The van der Waals surface area contributed by atoms with Gasteiger partial charge in [-0.25, -0.2) is 4.79 Å². The summed E-state index contributed by atoms with van der Waals surface area (Å²) < 4.78 is 3.34. The molecular formula is C17H25ClN2O. The van der Waals surface area contributed by atoms with Crippen LogP contribution in [0, 0.1) is 11.3 Å². The first-order valence-electron chi connectivity index (χ1n) is 7.42. The van der Waals surface area contributed by atoms with Crippen molar-refractivity contribution in [3.05, 3.63) is 34.2 Å². The average molecular weight is 309 g/mol. The third kappa shape index (κ3) is 3.03. The molecule has 2 rings (SSSR count). The number of alkyl halides is 1. The number of benzene rings is 1. The van der Waals surface area contributed by atoms with Crippen LogP contribution in [0.4, 0.5) is 0 Å². The van der Waals surface area contributed by atoms with E-state index in [1.54, 1.807) is 23.2 Å². The summed E-state index contributed by atoms with van der Waals surface area (Å²) in [6.45, 7) is 8.97. The summed E-state index contributed by atoms with van der Waals surface area (Å²) >= 11 is 6.61. The van der Waals surface area contributed by atoms with E-state index in [0.29, 0.717) is 5.92 Å². The molecule has 3 nitrogen and oxygen atoms in total. The van der Waals surface area contributed by atoms with Gasteiger partial charge in [-0.2, -0.15) is 0 Å². The van der Waals surface area contributed by atoms with Gasteiger partial charge in [0.05, 0.1) is 16.4 Å². The minimum atomic E-state index is -0.0288. The normalized spacial score (nSPS) is 15.4. The van der Waals surface area contributed by atoms with E-state index in [0.717, 1.165) is 23.0 Å². The number of imidazole rings is 1. The molecule has 21 heavy (non-hydrogen) atoms. The highest BCUT2D eigenvalue weighted by Gasteiger charge is 2.24. The van der Waals surface area contributed by atoms with Crippen molar-refractivity contribution in [3.63, 3.8) is 0 Å². The van der Waals surface area contributed by atoms with Crippen molar-refractivity contribution in [2.24, 2.45) is 25.4 Å². The Morgan fingerprint density at radius 3 is 2.29 bits per heavy atom. The van der Waals surface area contributed by atoms with E-state index in [1.807, 2.05) is 18.2 Å². The van der Waals surface area contributed by atoms with Crippen LogP contribution >= 0.6 is 11.6 Å². The number of aryl methyl sites for hydroxylation is 2. The summed E-state index contributed by atoms with van der Waals surface area (Å²) in [6.07, 6.45) is 0.928. The molecule has 116 valence electrons. The van der Waals surface area contributed by atoms with E-state index >= 15 is 0 Å². The summed E-state index contributed by atoms with van der Waals surface area (Å²) in [6, 6.07) is 6.07. The highest BCUT2D eigenvalue weighted by atomic mass is 35.5. The Morgan fingerprint density at radius 2 is 1.71 bits per heavy atom. The monoisotopic (exact) mass is 308 g/mol. The molecule has 0 radical (unpaired) electrons. The van der Waals surface area contributed by atoms with Gasteiger partial charge in [0.15, 0.2) is 0 Å². The van der Waals surface area contributed by atoms with E-state index in [9.17, 15) is 4.79 Å². The van der Waals surface area contributed by atoms with Crippen molar-refractivity contribution < 1.29 is 0 Å². The van der Waals surface area contributed by atoms with Gasteiger partial charge in [0, 0.05) is 14.1 Å². The molecule has 1 heterocycles. The lowest BCUT2D eigenvalue weighted by Crippen LogP contribution is -2.19. The molecule has 1 aromatic carbocycles. The Bertz CT molecular complexity index is 706. The van der Waals surface area contributed by atoms with Gasteiger partial charge in [0.1, 0.15) is 0 Å². The van der Waals surface area contributed by atoms with Crippen LogP contribution in [0.25, 0.3) is 11.0 Å². The van der Waals surface area contributed by atoms with Crippen molar-refractivity contribution in [1.82, 2.24) is 9.13 Å². The van der Waals surface area contributed by atoms with Crippen LogP contribution in [0.1, 0.15) is 45.1 Å². The predicted molar refractivity (Wildman–Crippen MR) is 90.0 cm³/mol. The third-order valence-corrected chi connectivity index (χ3v) is 5.13. The highest BCUT2D eigenvalue weighted by Crippen LogP contribution is 2.36. The van der Waals surface area contributed by atoms with Gasteiger partial charge in [-0.3, -0.25) is 9.13 Å². The molecule has 0 saturated carbocycles. The van der Waals surface area contributed by atoms with Gasteiger partial charge in [-0.05, 0) is 35.4 Å². The van der Waals surface area contributed by atoms with Crippen molar-refractivity contribution in [1.29, 1.82) is 0 Å². The molecule has 0 aliphatic rings. The molecule has 0 amide bonds. The smallest absolute Gasteiger partial charge is 0.295 e. The van der Waals surface area contributed by atoms with Crippen LogP contribution < -0.4 is 5.69 Å². The first-order chi connectivity index (χ1) is 9.62. The zero-order valence-electron chi connectivity index (χ0n) is 13.8. The fourth-order valence-electron chi connectivity index (χ4n) is 2.52. The topological polar surface area (TPSA) is 26.9 Å². The van der Waals surface area contributed by atoms with Crippen LogP contribution in [-0.4, -0.2) is 9.13 Å². The van der Waals surface area contributed by atoms with Crippen molar-refractivity contribution in [3.8, 4) is 0 Å². The Hall–Kier alpha value is -1.22. The molecular weight excluding hydrogens is 284 g/mol. The maximum absolute atomic E-state index is 12.0. The van der Waals surface area contributed by atoms with Crippen molar-refractivity contribution in [2.75, 3.05) is 0 Å². The summed E-state index contributed by atoms with van der Waals surface area (Å²) in [5.74, 6) is 0.523. The molecule has 2 atom stereocenters. The molecule has 2 unspecified atom stereocenters. The molecule has 0 saturated heterocycles. The minimum Gasteiger partial charge on any atom is -0.295 e. The standard InChI is InChI=1S/C17H25ClN2O/c1-11(17(2,3)4)9-13(18)12-7-8-14-15(10-12)20(6)16(21)19(14)5/h7-8,10-11,13H,9H2,1-6H3. The van der Waals surface area contributed by atoms with E-state index < -0.39 is 0 Å². The van der Waals surface area contributed by atoms with Crippen LogP contribution in [-0.2, 0) is 14.1 Å². The van der Waals surface area contributed by atoms with Gasteiger partial charge < -0.3 is 0 Å². The molecule has 0 aliphatic heterocycles. The largest absolute Gasteiger partial charge is 0.328 e. The van der Waals surface area contributed by atoms with Crippen LogP contribution in [0.5, 0.6) is 0 Å². The first kappa shape index (κ1) is 16.2. The number of halogens is 1.